The Morgan fingerprint density at radius 2 is 1.94 bits per heavy atom. The highest BCUT2D eigenvalue weighted by Crippen LogP contribution is 2.05. The fourth-order valence-electron chi connectivity index (χ4n) is 0.739. The molecule has 0 aromatic heterocycles. The second kappa shape index (κ2) is 6.32. The Balaban J connectivity index is 3.60. The van der Waals surface area contributed by atoms with Crippen molar-refractivity contribution in [1.29, 1.82) is 0 Å². The van der Waals surface area contributed by atoms with Crippen molar-refractivity contribution in [2.24, 2.45) is 0 Å². The van der Waals surface area contributed by atoms with Gasteiger partial charge < -0.3 is 19.9 Å². The number of rotatable bonds is 4. The van der Waals surface area contributed by atoms with Gasteiger partial charge in [0.1, 0.15) is 18.3 Å². The van der Waals surface area contributed by atoms with Crippen LogP contribution < -0.4 is 5.32 Å². The summed E-state index contributed by atoms with van der Waals surface area (Å²) in [5.41, 5.74) is -0.555. The first-order chi connectivity index (χ1) is 7.22. The van der Waals surface area contributed by atoms with Crippen LogP contribution in [0.2, 0.25) is 0 Å². The number of nitrogens with one attached hydrogen (secondary N) is 1. The van der Waals surface area contributed by atoms with Gasteiger partial charge in [-0.25, -0.2) is 9.59 Å². The molecule has 0 radical (unpaired) electrons. The number of carbonyl (C=O) groups is 2. The van der Waals surface area contributed by atoms with Gasteiger partial charge in [-0.2, -0.15) is 0 Å². The van der Waals surface area contributed by atoms with Crippen molar-refractivity contribution in [2.75, 3.05) is 13.2 Å². The summed E-state index contributed by atoms with van der Waals surface area (Å²) in [7, 11) is 0. The summed E-state index contributed by atoms with van der Waals surface area (Å²) in [5.74, 6) is -0.717. The number of aliphatic hydroxyl groups is 1. The van der Waals surface area contributed by atoms with Gasteiger partial charge in [0, 0.05) is 0 Å². The van der Waals surface area contributed by atoms with Gasteiger partial charge in [-0.3, -0.25) is 0 Å². The van der Waals surface area contributed by atoms with Gasteiger partial charge in [-0.1, -0.05) is 0 Å². The number of esters is 1. The van der Waals surface area contributed by atoms with Crippen LogP contribution in [0, 0.1) is 0 Å². The summed E-state index contributed by atoms with van der Waals surface area (Å²) < 4.78 is 9.58. The van der Waals surface area contributed by atoms with Gasteiger partial charge in [0.05, 0.1) is 6.54 Å². The van der Waals surface area contributed by atoms with E-state index in [9.17, 15) is 9.59 Å². The summed E-state index contributed by atoms with van der Waals surface area (Å²) in [6, 6.07) is 0. The molecule has 0 aliphatic rings. The second-order valence-corrected chi connectivity index (χ2v) is 4.27. The molecule has 1 amide bonds. The Bertz CT molecular complexity index is 244. The quantitative estimate of drug-likeness (QED) is 0.543. The van der Waals surface area contributed by atoms with Crippen molar-refractivity contribution >= 4 is 12.1 Å². The Kier molecular flexibility index (Phi) is 5.81. The minimum absolute atomic E-state index is 0.00295. The fraction of sp³-hybridized carbons (Fsp3) is 0.800. The molecular weight excluding hydrogens is 214 g/mol. The third-order valence-corrected chi connectivity index (χ3v) is 1.36. The molecule has 0 aromatic rings. The maximum absolute atomic E-state index is 11.1. The van der Waals surface area contributed by atoms with Crippen LogP contribution in [0.3, 0.4) is 0 Å². The lowest BCUT2D eigenvalue weighted by atomic mass is 10.2. The van der Waals surface area contributed by atoms with E-state index in [-0.39, 0.29) is 13.2 Å². The third-order valence-electron chi connectivity index (χ3n) is 1.36. The Hall–Kier alpha value is -1.30. The van der Waals surface area contributed by atoms with E-state index in [1.807, 2.05) is 0 Å². The molecule has 0 saturated heterocycles. The monoisotopic (exact) mass is 233 g/mol. The summed E-state index contributed by atoms with van der Waals surface area (Å²) >= 11 is 0. The Morgan fingerprint density at radius 1 is 1.38 bits per heavy atom. The maximum Gasteiger partial charge on any atom is 0.407 e. The number of alkyl carbamates (subject to hydrolysis) is 1. The van der Waals surface area contributed by atoms with E-state index in [2.05, 4.69) is 10.1 Å². The Morgan fingerprint density at radius 3 is 2.38 bits per heavy atom. The zero-order valence-electron chi connectivity index (χ0n) is 10.1. The smallest absolute Gasteiger partial charge is 0.407 e. The number of ether oxygens (including phenoxy) is 2. The number of hydrogen-bond acceptors (Lipinski definition) is 5. The van der Waals surface area contributed by atoms with Gasteiger partial charge in [0.15, 0.2) is 0 Å². The zero-order chi connectivity index (χ0) is 12.8. The number of hydrogen-bond donors (Lipinski definition) is 2. The van der Waals surface area contributed by atoms with E-state index in [4.69, 9.17) is 9.84 Å². The first-order valence-electron chi connectivity index (χ1n) is 5.04. The topological polar surface area (TPSA) is 84.9 Å². The highest BCUT2D eigenvalue weighted by atomic mass is 16.6. The molecule has 0 heterocycles. The molecule has 1 unspecified atom stereocenters. The van der Waals surface area contributed by atoms with Crippen molar-refractivity contribution in [1.82, 2.24) is 5.32 Å². The predicted octanol–water partition coefficient (Wildman–Crippen LogP) is 0.435. The summed E-state index contributed by atoms with van der Waals surface area (Å²) in [6.45, 7) is 6.71. The normalized spacial score (nSPS) is 12.8. The van der Waals surface area contributed by atoms with Crippen LogP contribution in [-0.4, -0.2) is 42.0 Å². The molecule has 0 bridgehead atoms. The second-order valence-electron chi connectivity index (χ2n) is 4.27. The number of carbonyl (C=O) groups excluding carboxylic acids is 2. The molecule has 0 aliphatic carbocycles. The van der Waals surface area contributed by atoms with E-state index >= 15 is 0 Å². The first kappa shape index (κ1) is 14.7. The molecule has 6 heteroatoms. The lowest BCUT2D eigenvalue weighted by Crippen LogP contribution is -2.35. The average Bonchev–Trinajstić information content (AvgIpc) is 2.08. The average molecular weight is 233 g/mol. The van der Waals surface area contributed by atoms with E-state index in [1.165, 1.54) is 6.92 Å². The molecule has 0 aromatic carbocycles. The van der Waals surface area contributed by atoms with Crippen molar-refractivity contribution in [3.63, 3.8) is 0 Å². The van der Waals surface area contributed by atoms with E-state index in [1.54, 1.807) is 20.8 Å². The third kappa shape index (κ3) is 8.05. The number of aliphatic hydroxyl groups excluding tert-OH is 1. The van der Waals surface area contributed by atoms with Crippen molar-refractivity contribution in [3.05, 3.63) is 0 Å². The standard InChI is InChI=1S/C10H19NO5/c1-7(12)8(13)15-6-5-11-9(14)16-10(2,3)4/h7,12H,5-6H2,1-4H3,(H,11,14). The minimum Gasteiger partial charge on any atom is -0.462 e. The summed E-state index contributed by atoms with van der Waals surface area (Å²) in [5, 5.41) is 11.2. The van der Waals surface area contributed by atoms with E-state index < -0.39 is 23.8 Å². The van der Waals surface area contributed by atoms with Crippen LogP contribution in [0.15, 0.2) is 0 Å². The molecule has 0 saturated carbocycles. The molecule has 16 heavy (non-hydrogen) atoms. The van der Waals surface area contributed by atoms with E-state index in [0.29, 0.717) is 0 Å². The lowest BCUT2D eigenvalue weighted by molar-refractivity contribution is -0.152. The van der Waals surface area contributed by atoms with Crippen LogP contribution in [0.5, 0.6) is 0 Å². The molecule has 6 nitrogen and oxygen atoms in total. The first-order valence-corrected chi connectivity index (χ1v) is 5.04. The van der Waals surface area contributed by atoms with Gasteiger partial charge in [0.25, 0.3) is 0 Å². The van der Waals surface area contributed by atoms with Crippen LogP contribution in [0.4, 0.5) is 4.79 Å². The molecule has 94 valence electrons. The summed E-state index contributed by atoms with van der Waals surface area (Å²) in [4.78, 5) is 21.9. The molecule has 0 fully saturated rings. The maximum atomic E-state index is 11.1. The Labute approximate surface area is 94.9 Å². The SMILES string of the molecule is CC(O)C(=O)OCCNC(=O)OC(C)(C)C. The molecule has 1 atom stereocenters. The van der Waals surface area contributed by atoms with Gasteiger partial charge in [0.2, 0.25) is 0 Å². The largest absolute Gasteiger partial charge is 0.462 e. The van der Waals surface area contributed by atoms with Crippen molar-refractivity contribution in [2.45, 2.75) is 39.4 Å². The molecule has 0 spiro atoms. The lowest BCUT2D eigenvalue weighted by Gasteiger charge is -2.19. The molecule has 0 aliphatic heterocycles. The molecule has 2 N–H and O–H groups in total. The predicted molar refractivity (Wildman–Crippen MR) is 56.9 cm³/mol. The van der Waals surface area contributed by atoms with Crippen LogP contribution in [0.25, 0.3) is 0 Å². The fourth-order valence-corrected chi connectivity index (χ4v) is 0.739. The van der Waals surface area contributed by atoms with E-state index in [0.717, 1.165) is 0 Å². The highest BCUT2D eigenvalue weighted by molar-refractivity contribution is 5.73. The number of amides is 1. The molecule has 0 rings (SSSR count). The highest BCUT2D eigenvalue weighted by Gasteiger charge is 2.15. The van der Waals surface area contributed by atoms with Crippen molar-refractivity contribution in [3.8, 4) is 0 Å². The molecular formula is C10H19NO5. The van der Waals surface area contributed by atoms with Crippen LogP contribution in [0.1, 0.15) is 27.7 Å². The minimum atomic E-state index is -1.15. The van der Waals surface area contributed by atoms with Gasteiger partial charge in [-0.15, -0.1) is 0 Å². The van der Waals surface area contributed by atoms with Crippen LogP contribution >= 0.6 is 0 Å². The van der Waals surface area contributed by atoms with Gasteiger partial charge in [-0.05, 0) is 27.7 Å². The zero-order valence-corrected chi connectivity index (χ0v) is 10.1. The summed E-state index contributed by atoms with van der Waals surface area (Å²) in [6.07, 6.45) is -1.72. The van der Waals surface area contributed by atoms with Crippen LogP contribution in [-0.2, 0) is 14.3 Å². The van der Waals surface area contributed by atoms with Gasteiger partial charge >= 0.3 is 12.1 Å². The van der Waals surface area contributed by atoms with Crippen molar-refractivity contribution < 1.29 is 24.2 Å².